The molecule has 0 spiro atoms. The predicted octanol–water partition coefficient (Wildman–Crippen LogP) is 3.58. The molecule has 0 unspecified atom stereocenters. The van der Waals surface area contributed by atoms with Crippen molar-refractivity contribution in [2.75, 3.05) is 11.9 Å². The summed E-state index contributed by atoms with van der Waals surface area (Å²) in [5.74, 6) is -0.688. The summed E-state index contributed by atoms with van der Waals surface area (Å²) in [6.45, 7) is -0.228. The highest BCUT2D eigenvalue weighted by Gasteiger charge is 2.33. The summed E-state index contributed by atoms with van der Waals surface area (Å²) in [6.07, 6.45) is -4.80. The molecule has 2 aromatic carbocycles. The summed E-state index contributed by atoms with van der Waals surface area (Å²) in [5.41, 5.74) is -0.0319. The Hall–Kier alpha value is -3.18. The zero-order valence-corrected chi connectivity index (χ0v) is 18.1. The molecule has 1 fully saturated rings. The first-order chi connectivity index (χ1) is 16.1. The van der Waals surface area contributed by atoms with E-state index in [0.717, 1.165) is 24.3 Å². The molecule has 1 saturated heterocycles. The molecule has 0 radical (unpaired) electrons. The third kappa shape index (κ3) is 7.42. The van der Waals surface area contributed by atoms with E-state index in [2.05, 4.69) is 16.0 Å². The van der Waals surface area contributed by atoms with Crippen molar-refractivity contribution in [1.82, 2.24) is 10.6 Å². The SMILES string of the molecule is O=C(C[C@@H]1CC[C@H](NC(=O)Nc2ccc(C(F)(F)F)cc2)[C@@H](CO)O1)NCc1cccc(F)c1. The van der Waals surface area contributed by atoms with Gasteiger partial charge in [0.2, 0.25) is 5.91 Å². The molecule has 0 saturated carbocycles. The molecule has 2 aromatic rings. The maximum atomic E-state index is 13.2. The predicted molar refractivity (Wildman–Crippen MR) is 115 cm³/mol. The van der Waals surface area contributed by atoms with Crippen LogP contribution in [0.5, 0.6) is 0 Å². The number of halogens is 4. The Morgan fingerprint density at radius 3 is 2.47 bits per heavy atom. The van der Waals surface area contributed by atoms with Crippen LogP contribution in [-0.2, 0) is 22.3 Å². The molecule has 0 aliphatic carbocycles. The topological polar surface area (TPSA) is 99.7 Å². The number of carbonyl (C=O) groups is 2. The Morgan fingerprint density at radius 1 is 1.09 bits per heavy atom. The number of urea groups is 1. The average Bonchev–Trinajstić information content (AvgIpc) is 2.78. The van der Waals surface area contributed by atoms with Crippen molar-refractivity contribution in [3.63, 3.8) is 0 Å². The molecule has 1 heterocycles. The van der Waals surface area contributed by atoms with Crippen LogP contribution >= 0.6 is 0 Å². The molecule has 3 amide bonds. The monoisotopic (exact) mass is 483 g/mol. The number of anilines is 1. The van der Waals surface area contributed by atoms with Gasteiger partial charge in [-0.3, -0.25) is 4.79 Å². The van der Waals surface area contributed by atoms with Crippen molar-refractivity contribution in [2.24, 2.45) is 0 Å². The van der Waals surface area contributed by atoms with Gasteiger partial charge in [-0.05, 0) is 54.8 Å². The lowest BCUT2D eigenvalue weighted by molar-refractivity contribution is -0.137. The van der Waals surface area contributed by atoms with Crippen LogP contribution in [0.2, 0.25) is 0 Å². The Kier molecular flexibility index (Phi) is 8.46. The molecule has 7 nitrogen and oxygen atoms in total. The third-order valence-corrected chi connectivity index (χ3v) is 5.37. The third-order valence-electron chi connectivity index (χ3n) is 5.37. The number of aliphatic hydroxyl groups excluding tert-OH is 1. The Balaban J connectivity index is 1.45. The molecule has 0 aromatic heterocycles. The highest BCUT2D eigenvalue weighted by Crippen LogP contribution is 2.30. The highest BCUT2D eigenvalue weighted by atomic mass is 19.4. The lowest BCUT2D eigenvalue weighted by Crippen LogP contribution is -2.52. The molecular formula is C23H25F4N3O4. The van der Waals surface area contributed by atoms with Crippen LogP contribution < -0.4 is 16.0 Å². The van der Waals surface area contributed by atoms with E-state index in [-0.39, 0.29) is 24.6 Å². The largest absolute Gasteiger partial charge is 0.416 e. The minimum atomic E-state index is -4.47. The van der Waals surface area contributed by atoms with Crippen LogP contribution in [0.1, 0.15) is 30.4 Å². The van der Waals surface area contributed by atoms with Gasteiger partial charge in [0.05, 0.1) is 30.7 Å². The molecular weight excluding hydrogens is 458 g/mol. The van der Waals surface area contributed by atoms with E-state index in [1.54, 1.807) is 12.1 Å². The standard InChI is InChI=1S/C23H25F4N3O4/c24-16-3-1-2-14(10-16)12-28-21(32)11-18-8-9-19(20(13-31)34-18)30-22(33)29-17-6-4-15(5-7-17)23(25,26)27/h1-7,10,18-20,31H,8-9,11-13H2,(H,28,32)(H2,29,30,33)/t18-,19-,20+/m0/s1. The fourth-order valence-corrected chi connectivity index (χ4v) is 3.65. The molecule has 3 rings (SSSR count). The van der Waals surface area contributed by atoms with Crippen LogP contribution in [0.25, 0.3) is 0 Å². The van der Waals surface area contributed by atoms with Gasteiger partial charge < -0.3 is 25.8 Å². The summed E-state index contributed by atoms with van der Waals surface area (Å²) in [7, 11) is 0. The molecule has 1 aliphatic heterocycles. The number of hydrogen-bond acceptors (Lipinski definition) is 4. The molecule has 1 aliphatic rings. The van der Waals surface area contributed by atoms with Crippen LogP contribution in [0, 0.1) is 5.82 Å². The van der Waals surface area contributed by atoms with Gasteiger partial charge in [-0.15, -0.1) is 0 Å². The number of alkyl halides is 3. The molecule has 0 bridgehead atoms. The number of carbonyl (C=O) groups excluding carboxylic acids is 2. The van der Waals surface area contributed by atoms with Gasteiger partial charge >= 0.3 is 12.2 Å². The van der Waals surface area contributed by atoms with Gasteiger partial charge in [-0.2, -0.15) is 13.2 Å². The maximum absolute atomic E-state index is 13.2. The number of ether oxygens (including phenoxy) is 1. The molecule has 184 valence electrons. The molecule has 4 N–H and O–H groups in total. The van der Waals surface area contributed by atoms with E-state index >= 15 is 0 Å². The van der Waals surface area contributed by atoms with Crippen molar-refractivity contribution in [3.05, 3.63) is 65.5 Å². The normalized spacial score (nSPS) is 20.4. The number of aliphatic hydroxyl groups is 1. The minimum Gasteiger partial charge on any atom is -0.394 e. The molecule has 3 atom stereocenters. The zero-order chi connectivity index (χ0) is 24.7. The summed E-state index contributed by atoms with van der Waals surface area (Å²) in [4.78, 5) is 24.5. The number of benzene rings is 2. The van der Waals surface area contributed by atoms with Crippen molar-refractivity contribution in [1.29, 1.82) is 0 Å². The first-order valence-electron chi connectivity index (χ1n) is 10.7. The lowest BCUT2D eigenvalue weighted by atomic mass is 9.97. The minimum absolute atomic E-state index is 0.0380. The van der Waals surface area contributed by atoms with Crippen molar-refractivity contribution < 1.29 is 37.0 Å². The smallest absolute Gasteiger partial charge is 0.394 e. The van der Waals surface area contributed by atoms with Gasteiger partial charge in [0.15, 0.2) is 0 Å². The second-order valence-electron chi connectivity index (χ2n) is 7.95. The summed E-state index contributed by atoms with van der Waals surface area (Å²) in [6, 6.07) is 8.67. The van der Waals surface area contributed by atoms with Crippen molar-refractivity contribution in [2.45, 2.75) is 50.2 Å². The molecule has 34 heavy (non-hydrogen) atoms. The van der Waals surface area contributed by atoms with Gasteiger partial charge in [-0.1, -0.05) is 12.1 Å². The number of nitrogens with one attached hydrogen (secondary N) is 3. The van der Waals surface area contributed by atoms with Gasteiger partial charge in [0.25, 0.3) is 0 Å². The summed E-state index contributed by atoms with van der Waals surface area (Å²) >= 11 is 0. The van der Waals surface area contributed by atoms with E-state index < -0.39 is 48.4 Å². The molecule has 11 heteroatoms. The number of rotatable bonds is 7. The van der Waals surface area contributed by atoms with Crippen LogP contribution in [-0.4, -0.2) is 41.9 Å². The second-order valence-corrected chi connectivity index (χ2v) is 7.95. The van der Waals surface area contributed by atoms with Crippen molar-refractivity contribution >= 4 is 17.6 Å². The lowest BCUT2D eigenvalue weighted by Gasteiger charge is -2.35. The summed E-state index contributed by atoms with van der Waals surface area (Å²) < 4.78 is 56.9. The van der Waals surface area contributed by atoms with Crippen LogP contribution in [0.4, 0.5) is 28.0 Å². The van der Waals surface area contributed by atoms with E-state index in [0.29, 0.717) is 18.4 Å². The highest BCUT2D eigenvalue weighted by molar-refractivity contribution is 5.89. The fourth-order valence-electron chi connectivity index (χ4n) is 3.65. The van der Waals surface area contributed by atoms with Gasteiger partial charge in [-0.25, -0.2) is 9.18 Å². The van der Waals surface area contributed by atoms with E-state index in [9.17, 15) is 32.3 Å². The Morgan fingerprint density at radius 2 is 1.82 bits per heavy atom. The quantitative estimate of drug-likeness (QED) is 0.453. The Labute approximate surface area is 193 Å². The number of hydrogen-bond donors (Lipinski definition) is 4. The Bertz CT molecular complexity index is 985. The van der Waals surface area contributed by atoms with E-state index in [4.69, 9.17) is 4.74 Å². The maximum Gasteiger partial charge on any atom is 0.416 e. The van der Waals surface area contributed by atoms with Crippen molar-refractivity contribution in [3.8, 4) is 0 Å². The summed E-state index contributed by atoms with van der Waals surface area (Å²) in [5, 5.41) is 17.4. The second kappa shape index (κ2) is 11.3. The average molecular weight is 483 g/mol. The zero-order valence-electron chi connectivity index (χ0n) is 18.1. The van der Waals surface area contributed by atoms with Crippen LogP contribution in [0.15, 0.2) is 48.5 Å². The van der Waals surface area contributed by atoms with E-state index in [1.807, 2.05) is 0 Å². The number of amides is 3. The first-order valence-corrected chi connectivity index (χ1v) is 10.7. The fraction of sp³-hybridized carbons (Fsp3) is 0.391. The van der Waals surface area contributed by atoms with Crippen LogP contribution in [0.3, 0.4) is 0 Å². The van der Waals surface area contributed by atoms with Gasteiger partial charge in [0.1, 0.15) is 11.9 Å². The van der Waals surface area contributed by atoms with E-state index in [1.165, 1.54) is 12.1 Å². The van der Waals surface area contributed by atoms with Gasteiger partial charge in [0, 0.05) is 12.2 Å². The first kappa shape index (κ1) is 25.4.